The van der Waals surface area contributed by atoms with Crippen LogP contribution in [0.4, 0.5) is 5.82 Å². The van der Waals surface area contributed by atoms with Crippen LogP contribution in [0.25, 0.3) is 10.9 Å². The Hall–Kier alpha value is -1.97. The number of rotatable bonds is 3. The molecule has 0 bridgehead atoms. The lowest BCUT2D eigenvalue weighted by Crippen LogP contribution is -2.14. The number of ether oxygens (including phenoxy) is 1. The summed E-state index contributed by atoms with van der Waals surface area (Å²) in [5.74, 6) is 0.310. The Balaban J connectivity index is 2.36. The second kappa shape index (κ2) is 4.26. The number of anilines is 1. The van der Waals surface area contributed by atoms with Crippen molar-refractivity contribution in [3.05, 3.63) is 30.3 Å². The van der Waals surface area contributed by atoms with Crippen molar-refractivity contribution in [3.63, 3.8) is 0 Å². The van der Waals surface area contributed by atoms with E-state index in [2.05, 4.69) is 0 Å². The van der Waals surface area contributed by atoms with E-state index in [1.807, 2.05) is 30.3 Å². The molecule has 0 amide bonds. The fourth-order valence-corrected chi connectivity index (χ4v) is 1.74. The molecule has 2 aromatic rings. The van der Waals surface area contributed by atoms with Gasteiger partial charge in [0.15, 0.2) is 0 Å². The van der Waals surface area contributed by atoms with E-state index in [4.69, 9.17) is 10.5 Å². The zero-order valence-electron chi connectivity index (χ0n) is 9.14. The Morgan fingerprint density at radius 2 is 2.19 bits per heavy atom. The van der Waals surface area contributed by atoms with Gasteiger partial charge in [-0.15, -0.1) is 0 Å². The van der Waals surface area contributed by atoms with Crippen molar-refractivity contribution >= 4 is 22.7 Å². The number of nitrogen functional groups attached to an aromatic ring is 1. The molecule has 0 radical (unpaired) electrons. The van der Waals surface area contributed by atoms with E-state index in [9.17, 15) is 4.79 Å². The summed E-state index contributed by atoms with van der Waals surface area (Å²) < 4.78 is 6.66. The topological polar surface area (TPSA) is 57.2 Å². The Kier molecular flexibility index (Phi) is 2.81. The van der Waals surface area contributed by atoms with E-state index in [0.29, 0.717) is 12.4 Å². The molecule has 4 nitrogen and oxygen atoms in total. The quantitative estimate of drug-likeness (QED) is 0.799. The minimum absolute atomic E-state index is 0.160. The van der Waals surface area contributed by atoms with Gasteiger partial charge in [-0.3, -0.25) is 4.79 Å². The molecule has 0 atom stereocenters. The molecule has 0 saturated heterocycles. The zero-order valence-corrected chi connectivity index (χ0v) is 9.14. The average Bonchev–Trinajstić information content (AvgIpc) is 2.56. The molecule has 0 fully saturated rings. The first-order valence-corrected chi connectivity index (χ1v) is 5.21. The highest BCUT2D eigenvalue weighted by Gasteiger charge is 2.09. The lowest BCUT2D eigenvalue weighted by molar-refractivity contribution is -0.143. The lowest BCUT2D eigenvalue weighted by Gasteiger charge is -2.06. The van der Waals surface area contributed by atoms with Crippen LogP contribution in [0.3, 0.4) is 0 Å². The second-order valence-electron chi connectivity index (χ2n) is 3.52. The molecule has 84 valence electrons. The summed E-state index contributed by atoms with van der Waals surface area (Å²) in [7, 11) is 0. The van der Waals surface area contributed by atoms with Crippen LogP contribution >= 0.6 is 0 Å². The number of carbonyl (C=O) groups is 1. The van der Waals surface area contributed by atoms with E-state index >= 15 is 0 Å². The van der Waals surface area contributed by atoms with Crippen molar-refractivity contribution in [2.75, 3.05) is 12.3 Å². The van der Waals surface area contributed by atoms with E-state index in [0.717, 1.165) is 10.9 Å². The summed E-state index contributed by atoms with van der Waals surface area (Å²) in [5, 5.41) is 1.03. The predicted molar refractivity (Wildman–Crippen MR) is 63.0 cm³/mol. The smallest absolute Gasteiger partial charge is 0.326 e. The van der Waals surface area contributed by atoms with Gasteiger partial charge in [0.25, 0.3) is 0 Å². The van der Waals surface area contributed by atoms with Gasteiger partial charge in [-0.05, 0) is 19.1 Å². The Morgan fingerprint density at radius 1 is 1.44 bits per heavy atom. The van der Waals surface area contributed by atoms with Crippen molar-refractivity contribution in [1.29, 1.82) is 0 Å². The molecule has 1 aromatic carbocycles. The highest BCUT2D eigenvalue weighted by molar-refractivity contribution is 5.86. The van der Waals surface area contributed by atoms with Gasteiger partial charge < -0.3 is 15.0 Å². The molecule has 1 aromatic heterocycles. The van der Waals surface area contributed by atoms with Gasteiger partial charge in [0, 0.05) is 5.39 Å². The molecular weight excluding hydrogens is 204 g/mol. The summed E-state index contributed by atoms with van der Waals surface area (Å²) in [6.07, 6.45) is 0. The van der Waals surface area contributed by atoms with Crippen LogP contribution in [0.15, 0.2) is 30.3 Å². The molecule has 0 aliphatic carbocycles. The van der Waals surface area contributed by atoms with Crippen LogP contribution in [0.1, 0.15) is 6.92 Å². The van der Waals surface area contributed by atoms with Gasteiger partial charge in [-0.1, -0.05) is 18.2 Å². The number of carbonyl (C=O) groups excluding carboxylic acids is 1. The summed E-state index contributed by atoms with van der Waals surface area (Å²) in [6.45, 7) is 2.33. The molecule has 16 heavy (non-hydrogen) atoms. The molecule has 0 aliphatic heterocycles. The van der Waals surface area contributed by atoms with E-state index in [-0.39, 0.29) is 12.5 Å². The predicted octanol–water partition coefficient (Wildman–Crippen LogP) is 1.79. The lowest BCUT2D eigenvalue weighted by atomic mass is 10.2. The second-order valence-corrected chi connectivity index (χ2v) is 3.52. The van der Waals surface area contributed by atoms with Gasteiger partial charge in [-0.25, -0.2) is 0 Å². The van der Waals surface area contributed by atoms with Gasteiger partial charge in [-0.2, -0.15) is 0 Å². The minimum atomic E-state index is -0.268. The number of benzene rings is 1. The summed E-state index contributed by atoms with van der Waals surface area (Å²) >= 11 is 0. The third kappa shape index (κ3) is 1.86. The summed E-state index contributed by atoms with van der Waals surface area (Å²) in [4.78, 5) is 11.4. The van der Waals surface area contributed by atoms with Crippen LogP contribution in [-0.2, 0) is 16.1 Å². The molecule has 2 N–H and O–H groups in total. The molecule has 0 aliphatic rings. The Morgan fingerprint density at radius 3 is 2.94 bits per heavy atom. The molecular formula is C12H14N2O2. The molecule has 2 rings (SSSR count). The van der Waals surface area contributed by atoms with Crippen LogP contribution in [-0.4, -0.2) is 17.1 Å². The maximum Gasteiger partial charge on any atom is 0.326 e. The number of aromatic nitrogens is 1. The first kappa shape index (κ1) is 10.5. The van der Waals surface area contributed by atoms with Gasteiger partial charge in [0.05, 0.1) is 12.1 Å². The maximum atomic E-state index is 11.4. The van der Waals surface area contributed by atoms with Gasteiger partial charge in [0.2, 0.25) is 0 Å². The summed E-state index contributed by atoms with van der Waals surface area (Å²) in [5.41, 5.74) is 6.80. The fourth-order valence-electron chi connectivity index (χ4n) is 1.74. The number of nitrogens with zero attached hydrogens (tertiary/aromatic N) is 1. The Labute approximate surface area is 93.6 Å². The van der Waals surface area contributed by atoms with Crippen molar-refractivity contribution in [2.45, 2.75) is 13.5 Å². The minimum Gasteiger partial charge on any atom is -0.465 e. The van der Waals surface area contributed by atoms with Crippen molar-refractivity contribution < 1.29 is 9.53 Å². The molecule has 0 unspecified atom stereocenters. The SMILES string of the molecule is CCOC(=O)Cn1c(N)cc2ccccc21. The van der Waals surface area contributed by atoms with Crippen LogP contribution in [0.5, 0.6) is 0 Å². The van der Waals surface area contributed by atoms with E-state index in [1.54, 1.807) is 11.5 Å². The number of fused-ring (bicyclic) bond motifs is 1. The largest absolute Gasteiger partial charge is 0.465 e. The number of nitrogens with two attached hydrogens (primary N) is 1. The third-order valence-corrected chi connectivity index (χ3v) is 2.44. The van der Waals surface area contributed by atoms with Crippen molar-refractivity contribution in [2.24, 2.45) is 0 Å². The molecule has 0 spiro atoms. The number of hydrogen-bond donors (Lipinski definition) is 1. The van der Waals surface area contributed by atoms with Crippen LogP contribution in [0.2, 0.25) is 0 Å². The average molecular weight is 218 g/mol. The van der Waals surface area contributed by atoms with Crippen LogP contribution < -0.4 is 5.73 Å². The fraction of sp³-hybridized carbons (Fsp3) is 0.250. The number of esters is 1. The zero-order chi connectivity index (χ0) is 11.5. The monoisotopic (exact) mass is 218 g/mol. The summed E-state index contributed by atoms with van der Waals surface area (Å²) in [6, 6.07) is 9.62. The maximum absolute atomic E-state index is 11.4. The molecule has 1 heterocycles. The Bertz CT molecular complexity index is 517. The first-order valence-electron chi connectivity index (χ1n) is 5.21. The van der Waals surface area contributed by atoms with Crippen molar-refractivity contribution in [1.82, 2.24) is 4.57 Å². The van der Waals surface area contributed by atoms with Crippen LogP contribution in [0, 0.1) is 0 Å². The molecule has 0 saturated carbocycles. The van der Waals surface area contributed by atoms with E-state index < -0.39 is 0 Å². The number of hydrogen-bond acceptors (Lipinski definition) is 3. The third-order valence-electron chi connectivity index (χ3n) is 2.44. The molecule has 4 heteroatoms. The van der Waals surface area contributed by atoms with E-state index in [1.165, 1.54) is 0 Å². The van der Waals surface area contributed by atoms with Crippen molar-refractivity contribution in [3.8, 4) is 0 Å². The first-order chi connectivity index (χ1) is 7.72. The highest BCUT2D eigenvalue weighted by atomic mass is 16.5. The van der Waals surface area contributed by atoms with Gasteiger partial charge in [0.1, 0.15) is 12.4 Å². The number of para-hydroxylation sites is 1. The standard InChI is InChI=1S/C12H14N2O2/c1-2-16-12(15)8-14-10-6-4-3-5-9(10)7-11(14)13/h3-7H,2,8,13H2,1H3. The van der Waals surface area contributed by atoms with Gasteiger partial charge >= 0.3 is 5.97 Å². The normalized spacial score (nSPS) is 10.6. The highest BCUT2D eigenvalue weighted by Crippen LogP contribution is 2.21.